The van der Waals surface area contributed by atoms with E-state index in [1.807, 2.05) is 25.1 Å². The second-order valence-corrected chi connectivity index (χ2v) is 3.19. The van der Waals surface area contributed by atoms with E-state index in [1.54, 1.807) is 13.1 Å². The Hall–Kier alpha value is -1.29. The largest absolute Gasteiger partial charge is 0.272 e. The zero-order valence-corrected chi connectivity index (χ0v) is 8.43. The van der Waals surface area contributed by atoms with Gasteiger partial charge in [0.05, 0.1) is 16.4 Å². The maximum atomic E-state index is 4.83. The van der Waals surface area contributed by atoms with Gasteiger partial charge < -0.3 is 0 Å². The Bertz CT molecular complexity index is 319. The van der Waals surface area contributed by atoms with E-state index in [9.17, 15) is 0 Å². The summed E-state index contributed by atoms with van der Waals surface area (Å²) < 4.78 is 0. The predicted octanol–water partition coefficient (Wildman–Crippen LogP) is 1.74. The van der Waals surface area contributed by atoms with Gasteiger partial charge in [-0.3, -0.25) is 10.4 Å². The van der Waals surface area contributed by atoms with Crippen LogP contribution >= 0.6 is 12.2 Å². The van der Waals surface area contributed by atoms with Crippen LogP contribution in [-0.4, -0.2) is 15.7 Å². The van der Waals surface area contributed by atoms with Crippen molar-refractivity contribution in [2.45, 2.75) is 13.8 Å². The summed E-state index contributed by atoms with van der Waals surface area (Å²) in [5, 5.41) is 4.06. The lowest BCUT2D eigenvalue weighted by Gasteiger charge is -1.99. The van der Waals surface area contributed by atoms with Crippen molar-refractivity contribution in [2.24, 2.45) is 5.10 Å². The lowest BCUT2D eigenvalue weighted by molar-refractivity contribution is 1.03. The molecule has 0 amide bonds. The number of hydrogen-bond donors (Lipinski definition) is 1. The van der Waals surface area contributed by atoms with Gasteiger partial charge in [0.15, 0.2) is 0 Å². The summed E-state index contributed by atoms with van der Waals surface area (Å²) in [6, 6.07) is 5.69. The standard InChI is InChI=1S/C9H11N3S/c1-7(11-12-8(2)13)9-5-3-4-6-10-9/h3-6H,1-2H3,(H,12,13)/b11-7+. The first-order valence-corrected chi connectivity index (χ1v) is 4.33. The van der Waals surface area contributed by atoms with Crippen LogP contribution in [-0.2, 0) is 0 Å². The van der Waals surface area contributed by atoms with Gasteiger partial charge in [0.1, 0.15) is 0 Å². The van der Waals surface area contributed by atoms with E-state index in [2.05, 4.69) is 15.5 Å². The molecular weight excluding hydrogens is 182 g/mol. The van der Waals surface area contributed by atoms with E-state index in [0.29, 0.717) is 4.99 Å². The van der Waals surface area contributed by atoms with Gasteiger partial charge in [-0.15, -0.1) is 0 Å². The van der Waals surface area contributed by atoms with E-state index in [4.69, 9.17) is 12.2 Å². The molecule has 0 bridgehead atoms. The Labute approximate surface area is 82.9 Å². The van der Waals surface area contributed by atoms with E-state index in [0.717, 1.165) is 11.4 Å². The summed E-state index contributed by atoms with van der Waals surface area (Å²) in [5.41, 5.74) is 4.40. The molecule has 0 spiro atoms. The molecule has 13 heavy (non-hydrogen) atoms. The third kappa shape index (κ3) is 3.29. The highest BCUT2D eigenvalue weighted by Gasteiger charge is 1.95. The molecule has 1 aromatic heterocycles. The molecule has 1 heterocycles. The summed E-state index contributed by atoms with van der Waals surface area (Å²) in [4.78, 5) is 4.79. The van der Waals surface area contributed by atoms with Crippen LogP contribution in [0.15, 0.2) is 29.5 Å². The van der Waals surface area contributed by atoms with Crippen molar-refractivity contribution in [3.05, 3.63) is 30.1 Å². The van der Waals surface area contributed by atoms with Gasteiger partial charge in [-0.05, 0) is 26.0 Å². The zero-order valence-electron chi connectivity index (χ0n) is 7.61. The van der Waals surface area contributed by atoms with Crippen LogP contribution < -0.4 is 5.43 Å². The van der Waals surface area contributed by atoms with E-state index in [-0.39, 0.29) is 0 Å². The number of nitrogens with zero attached hydrogens (tertiary/aromatic N) is 2. The molecule has 0 aromatic carbocycles. The Balaban J connectivity index is 2.73. The highest BCUT2D eigenvalue weighted by molar-refractivity contribution is 7.80. The van der Waals surface area contributed by atoms with Crippen LogP contribution in [0.1, 0.15) is 19.5 Å². The molecule has 1 aromatic rings. The molecule has 1 N–H and O–H groups in total. The minimum Gasteiger partial charge on any atom is -0.272 e. The molecular formula is C9H11N3S. The number of rotatable bonds is 2. The van der Waals surface area contributed by atoms with Crippen LogP contribution in [0.25, 0.3) is 0 Å². The summed E-state index contributed by atoms with van der Waals surface area (Å²) >= 11 is 4.83. The Kier molecular flexibility index (Phi) is 3.52. The number of aromatic nitrogens is 1. The van der Waals surface area contributed by atoms with E-state index >= 15 is 0 Å². The lowest BCUT2D eigenvalue weighted by atomic mass is 10.3. The van der Waals surface area contributed by atoms with Crippen LogP contribution in [0.2, 0.25) is 0 Å². The second kappa shape index (κ2) is 4.67. The Morgan fingerprint density at radius 3 is 2.77 bits per heavy atom. The molecule has 4 heteroatoms. The van der Waals surface area contributed by atoms with Crippen molar-refractivity contribution in [1.82, 2.24) is 10.4 Å². The SMILES string of the molecule is CC(=S)N/N=C(\C)c1ccccn1. The van der Waals surface area contributed by atoms with Crippen LogP contribution in [0.4, 0.5) is 0 Å². The molecule has 0 atom stereocenters. The van der Waals surface area contributed by atoms with Crippen molar-refractivity contribution in [1.29, 1.82) is 0 Å². The fourth-order valence-corrected chi connectivity index (χ4v) is 0.842. The smallest absolute Gasteiger partial charge is 0.0930 e. The van der Waals surface area contributed by atoms with Gasteiger partial charge in [-0.1, -0.05) is 18.3 Å². The molecule has 0 saturated carbocycles. The van der Waals surface area contributed by atoms with Crippen LogP contribution in [0.5, 0.6) is 0 Å². The number of thiocarbonyl (C=S) groups is 1. The molecule has 0 fully saturated rings. The summed E-state index contributed by atoms with van der Waals surface area (Å²) in [7, 11) is 0. The fourth-order valence-electron chi connectivity index (χ4n) is 0.797. The zero-order chi connectivity index (χ0) is 9.68. The molecule has 0 aliphatic rings. The Morgan fingerprint density at radius 1 is 1.46 bits per heavy atom. The molecule has 1 rings (SSSR count). The number of pyridine rings is 1. The van der Waals surface area contributed by atoms with Gasteiger partial charge >= 0.3 is 0 Å². The van der Waals surface area contributed by atoms with E-state index in [1.165, 1.54) is 0 Å². The molecule has 68 valence electrons. The monoisotopic (exact) mass is 193 g/mol. The molecule has 3 nitrogen and oxygen atoms in total. The summed E-state index contributed by atoms with van der Waals surface area (Å²) in [6.45, 7) is 3.66. The van der Waals surface area contributed by atoms with Gasteiger partial charge in [0, 0.05) is 6.20 Å². The first kappa shape index (κ1) is 9.80. The molecule has 0 aliphatic carbocycles. The van der Waals surface area contributed by atoms with Crippen molar-refractivity contribution in [3.63, 3.8) is 0 Å². The average molecular weight is 193 g/mol. The van der Waals surface area contributed by atoms with E-state index < -0.39 is 0 Å². The highest BCUT2D eigenvalue weighted by Crippen LogP contribution is 1.94. The first-order valence-electron chi connectivity index (χ1n) is 3.92. The molecule has 0 radical (unpaired) electrons. The van der Waals surface area contributed by atoms with Crippen molar-refractivity contribution < 1.29 is 0 Å². The third-order valence-electron chi connectivity index (χ3n) is 1.42. The molecule has 0 saturated heterocycles. The normalized spacial score (nSPS) is 11.1. The quantitative estimate of drug-likeness (QED) is 0.441. The average Bonchev–Trinajstić information content (AvgIpc) is 2.15. The second-order valence-electron chi connectivity index (χ2n) is 2.58. The van der Waals surface area contributed by atoms with Gasteiger partial charge in [-0.2, -0.15) is 5.10 Å². The maximum Gasteiger partial charge on any atom is 0.0930 e. The minimum absolute atomic E-state index is 0.648. The van der Waals surface area contributed by atoms with Crippen LogP contribution in [0.3, 0.4) is 0 Å². The summed E-state index contributed by atoms with van der Waals surface area (Å²) in [5.74, 6) is 0. The van der Waals surface area contributed by atoms with Crippen molar-refractivity contribution in [2.75, 3.05) is 0 Å². The van der Waals surface area contributed by atoms with Crippen molar-refractivity contribution >= 4 is 22.9 Å². The predicted molar refractivity (Wildman–Crippen MR) is 57.9 cm³/mol. The Morgan fingerprint density at radius 2 is 2.23 bits per heavy atom. The maximum absolute atomic E-state index is 4.83. The summed E-state index contributed by atoms with van der Waals surface area (Å²) in [6.07, 6.45) is 1.73. The van der Waals surface area contributed by atoms with Gasteiger partial charge in [0.2, 0.25) is 0 Å². The lowest BCUT2D eigenvalue weighted by Crippen LogP contribution is -2.13. The van der Waals surface area contributed by atoms with Gasteiger partial charge in [-0.25, -0.2) is 0 Å². The number of nitrogens with one attached hydrogen (secondary N) is 1. The van der Waals surface area contributed by atoms with Gasteiger partial charge in [0.25, 0.3) is 0 Å². The third-order valence-corrected chi connectivity index (χ3v) is 1.51. The minimum atomic E-state index is 0.648. The topological polar surface area (TPSA) is 37.3 Å². The first-order chi connectivity index (χ1) is 6.20. The highest BCUT2D eigenvalue weighted by atomic mass is 32.1. The molecule has 0 unspecified atom stereocenters. The van der Waals surface area contributed by atoms with Crippen molar-refractivity contribution in [3.8, 4) is 0 Å². The molecule has 0 aliphatic heterocycles. The fraction of sp³-hybridized carbons (Fsp3) is 0.222. The number of hydrazone groups is 1. The number of hydrogen-bond acceptors (Lipinski definition) is 3. The van der Waals surface area contributed by atoms with Crippen LogP contribution in [0, 0.1) is 0 Å².